The second kappa shape index (κ2) is 6.23. The molecule has 1 N–H and O–H groups in total. The van der Waals surface area contributed by atoms with Crippen LogP contribution in [0.4, 0.5) is 0 Å². The van der Waals surface area contributed by atoms with Gasteiger partial charge in [-0.1, -0.05) is 6.92 Å². The molecular formula is C15H28N2O2. The molecule has 0 aromatic heterocycles. The number of nitrogens with zero attached hydrogens (tertiary/aromatic N) is 1. The third-order valence-electron chi connectivity index (χ3n) is 4.55. The summed E-state index contributed by atoms with van der Waals surface area (Å²) in [4.78, 5) is 15.0. The largest absolute Gasteiger partial charge is 0.465 e. The van der Waals surface area contributed by atoms with Gasteiger partial charge in [0.1, 0.15) is 5.54 Å². The van der Waals surface area contributed by atoms with Crippen molar-refractivity contribution in [1.29, 1.82) is 0 Å². The van der Waals surface area contributed by atoms with Gasteiger partial charge in [0.25, 0.3) is 0 Å². The van der Waals surface area contributed by atoms with Crippen molar-refractivity contribution in [2.24, 2.45) is 5.92 Å². The number of ether oxygens (including phenoxy) is 1. The molecule has 0 spiro atoms. The minimum Gasteiger partial charge on any atom is -0.465 e. The summed E-state index contributed by atoms with van der Waals surface area (Å²) in [5.41, 5.74) is -0.469. The van der Waals surface area contributed by atoms with Crippen molar-refractivity contribution in [3.8, 4) is 0 Å². The molecule has 19 heavy (non-hydrogen) atoms. The van der Waals surface area contributed by atoms with E-state index in [-0.39, 0.29) is 5.97 Å². The number of likely N-dealkylation sites (N-methyl/N-ethyl adjacent to an activating group) is 1. The summed E-state index contributed by atoms with van der Waals surface area (Å²) in [6.07, 6.45) is 4.79. The summed E-state index contributed by atoms with van der Waals surface area (Å²) in [5, 5.41) is 3.47. The molecule has 1 saturated carbocycles. The van der Waals surface area contributed by atoms with Gasteiger partial charge in [-0.05, 0) is 58.5 Å². The van der Waals surface area contributed by atoms with Crippen molar-refractivity contribution in [1.82, 2.24) is 10.2 Å². The standard InChI is InChI=1S/C15H28N2O2/c1-4-16-15(13-8-9-13,14(18)19-5-2)11-17-10-6-7-12(17)3/h12-13,16H,4-11H2,1-3H3. The highest BCUT2D eigenvalue weighted by molar-refractivity contribution is 5.82. The molecule has 110 valence electrons. The van der Waals surface area contributed by atoms with Gasteiger partial charge >= 0.3 is 5.97 Å². The fraction of sp³-hybridized carbons (Fsp3) is 0.933. The van der Waals surface area contributed by atoms with E-state index in [1.54, 1.807) is 0 Å². The molecule has 0 radical (unpaired) electrons. The molecule has 1 aliphatic heterocycles. The Labute approximate surface area is 116 Å². The maximum absolute atomic E-state index is 12.5. The number of likely N-dealkylation sites (tertiary alicyclic amines) is 1. The van der Waals surface area contributed by atoms with Gasteiger partial charge in [0, 0.05) is 12.6 Å². The first kappa shape index (κ1) is 14.8. The van der Waals surface area contributed by atoms with Gasteiger partial charge in [0.15, 0.2) is 0 Å². The molecule has 4 heteroatoms. The predicted molar refractivity (Wildman–Crippen MR) is 76.0 cm³/mol. The first-order valence-electron chi connectivity index (χ1n) is 7.80. The zero-order chi connectivity index (χ0) is 13.9. The summed E-state index contributed by atoms with van der Waals surface area (Å²) in [6.45, 7) is 9.43. The summed E-state index contributed by atoms with van der Waals surface area (Å²) >= 11 is 0. The Kier molecular flexibility index (Phi) is 4.85. The Bertz CT molecular complexity index is 317. The molecule has 0 bridgehead atoms. The minimum absolute atomic E-state index is 0.0431. The van der Waals surface area contributed by atoms with Gasteiger partial charge in [0.2, 0.25) is 0 Å². The van der Waals surface area contributed by atoms with Crippen LogP contribution < -0.4 is 5.32 Å². The first-order valence-corrected chi connectivity index (χ1v) is 7.80. The Morgan fingerprint density at radius 3 is 2.58 bits per heavy atom. The summed E-state index contributed by atoms with van der Waals surface area (Å²) in [5.74, 6) is 0.415. The monoisotopic (exact) mass is 268 g/mol. The zero-order valence-electron chi connectivity index (χ0n) is 12.6. The van der Waals surface area contributed by atoms with Crippen molar-refractivity contribution in [3.05, 3.63) is 0 Å². The average Bonchev–Trinajstić information content (AvgIpc) is 3.15. The van der Waals surface area contributed by atoms with Crippen molar-refractivity contribution in [2.75, 3.05) is 26.2 Å². The van der Waals surface area contributed by atoms with Gasteiger partial charge < -0.3 is 10.1 Å². The number of esters is 1. The molecule has 2 fully saturated rings. The van der Waals surface area contributed by atoms with Crippen LogP contribution in [0, 0.1) is 5.92 Å². The molecule has 2 unspecified atom stereocenters. The van der Waals surface area contributed by atoms with E-state index < -0.39 is 5.54 Å². The lowest BCUT2D eigenvalue weighted by Crippen LogP contribution is -2.61. The van der Waals surface area contributed by atoms with Crippen LogP contribution in [0.1, 0.15) is 46.5 Å². The lowest BCUT2D eigenvalue weighted by Gasteiger charge is -2.37. The van der Waals surface area contributed by atoms with Gasteiger partial charge in [-0.15, -0.1) is 0 Å². The summed E-state index contributed by atoms with van der Waals surface area (Å²) in [7, 11) is 0. The van der Waals surface area contributed by atoms with Gasteiger partial charge in [-0.3, -0.25) is 4.90 Å². The van der Waals surface area contributed by atoms with Crippen LogP contribution >= 0.6 is 0 Å². The number of nitrogens with one attached hydrogen (secondary N) is 1. The van der Waals surface area contributed by atoms with Gasteiger partial charge in [0.05, 0.1) is 6.61 Å². The Morgan fingerprint density at radius 2 is 2.11 bits per heavy atom. The fourth-order valence-electron chi connectivity index (χ4n) is 3.33. The smallest absolute Gasteiger partial charge is 0.327 e. The van der Waals surface area contributed by atoms with Crippen molar-refractivity contribution < 1.29 is 9.53 Å². The van der Waals surface area contributed by atoms with Crippen molar-refractivity contribution >= 4 is 5.97 Å². The number of carbonyl (C=O) groups is 1. The van der Waals surface area contributed by atoms with E-state index in [0.29, 0.717) is 18.6 Å². The molecule has 2 atom stereocenters. The van der Waals surface area contributed by atoms with E-state index in [0.717, 1.165) is 32.5 Å². The molecule has 1 saturated heterocycles. The molecule has 2 aliphatic rings. The van der Waals surface area contributed by atoms with Crippen molar-refractivity contribution in [3.63, 3.8) is 0 Å². The highest BCUT2D eigenvalue weighted by Crippen LogP contribution is 2.41. The number of rotatable bonds is 7. The predicted octanol–water partition coefficient (Wildman–Crippen LogP) is 1.79. The maximum Gasteiger partial charge on any atom is 0.327 e. The quantitative estimate of drug-likeness (QED) is 0.715. The summed E-state index contributed by atoms with van der Waals surface area (Å²) in [6, 6.07) is 0.589. The number of hydrogen-bond acceptors (Lipinski definition) is 4. The molecule has 0 aromatic carbocycles. The lowest BCUT2D eigenvalue weighted by atomic mass is 9.91. The van der Waals surface area contributed by atoms with E-state index in [4.69, 9.17) is 4.74 Å². The van der Waals surface area contributed by atoms with E-state index >= 15 is 0 Å². The number of carbonyl (C=O) groups excluding carboxylic acids is 1. The molecular weight excluding hydrogens is 240 g/mol. The third kappa shape index (κ3) is 3.11. The Morgan fingerprint density at radius 1 is 1.37 bits per heavy atom. The minimum atomic E-state index is -0.469. The molecule has 2 rings (SSSR count). The fourth-order valence-corrected chi connectivity index (χ4v) is 3.33. The van der Waals surface area contributed by atoms with E-state index in [9.17, 15) is 4.79 Å². The van der Waals surface area contributed by atoms with Crippen LogP contribution in [0.15, 0.2) is 0 Å². The van der Waals surface area contributed by atoms with Gasteiger partial charge in [-0.25, -0.2) is 4.79 Å². The summed E-state index contributed by atoms with van der Waals surface area (Å²) < 4.78 is 5.38. The maximum atomic E-state index is 12.5. The van der Waals surface area contributed by atoms with Gasteiger partial charge in [-0.2, -0.15) is 0 Å². The molecule has 4 nitrogen and oxygen atoms in total. The highest BCUT2D eigenvalue weighted by atomic mass is 16.5. The normalized spacial score (nSPS) is 27.2. The number of hydrogen-bond donors (Lipinski definition) is 1. The van der Waals surface area contributed by atoms with Crippen LogP contribution in [-0.2, 0) is 9.53 Å². The second-order valence-corrected chi connectivity index (χ2v) is 5.96. The Hall–Kier alpha value is -0.610. The van der Waals surface area contributed by atoms with E-state index in [2.05, 4.69) is 24.1 Å². The van der Waals surface area contributed by atoms with Crippen molar-refractivity contribution in [2.45, 2.75) is 58.0 Å². The van der Waals surface area contributed by atoms with Crippen LogP contribution in [0.5, 0.6) is 0 Å². The van der Waals surface area contributed by atoms with E-state index in [1.165, 1.54) is 12.8 Å². The van der Waals surface area contributed by atoms with Crippen LogP contribution in [-0.4, -0.2) is 48.7 Å². The molecule has 0 amide bonds. The second-order valence-electron chi connectivity index (χ2n) is 5.96. The lowest BCUT2D eigenvalue weighted by molar-refractivity contribution is -0.153. The van der Waals surface area contributed by atoms with E-state index in [1.807, 2.05) is 6.92 Å². The molecule has 1 heterocycles. The highest BCUT2D eigenvalue weighted by Gasteiger charge is 2.53. The molecule has 0 aromatic rings. The Balaban J connectivity index is 2.13. The average molecular weight is 268 g/mol. The zero-order valence-corrected chi connectivity index (χ0v) is 12.6. The van der Waals surface area contributed by atoms with Crippen LogP contribution in [0.2, 0.25) is 0 Å². The molecule has 1 aliphatic carbocycles. The van der Waals surface area contributed by atoms with Crippen LogP contribution in [0.25, 0.3) is 0 Å². The third-order valence-corrected chi connectivity index (χ3v) is 4.55. The van der Waals surface area contributed by atoms with Crippen LogP contribution in [0.3, 0.4) is 0 Å². The first-order chi connectivity index (χ1) is 9.14. The topological polar surface area (TPSA) is 41.6 Å². The SMILES string of the molecule is CCNC(CN1CCCC1C)(C(=O)OCC)C1CC1.